The second-order valence-corrected chi connectivity index (χ2v) is 4.73. The summed E-state index contributed by atoms with van der Waals surface area (Å²) in [5, 5.41) is 2.84. The first-order valence-electron chi connectivity index (χ1n) is 6.81. The summed E-state index contributed by atoms with van der Waals surface area (Å²) in [5.41, 5.74) is 2.88. The van der Waals surface area contributed by atoms with E-state index in [1.807, 2.05) is 13.0 Å². The summed E-state index contributed by atoms with van der Waals surface area (Å²) in [6.45, 7) is 3.12. The Balaban J connectivity index is 1.72. The molecule has 1 amide bonds. The van der Waals surface area contributed by atoms with Crippen molar-refractivity contribution in [2.45, 2.75) is 39.0 Å². The van der Waals surface area contributed by atoms with Crippen LogP contribution in [0.15, 0.2) is 18.2 Å². The molecule has 0 spiro atoms. The zero-order chi connectivity index (χ0) is 12.8. The molecule has 0 bridgehead atoms. The van der Waals surface area contributed by atoms with Crippen LogP contribution in [-0.2, 0) is 17.6 Å². The van der Waals surface area contributed by atoms with Crippen molar-refractivity contribution in [2.75, 3.05) is 13.2 Å². The number of amides is 1. The molecular weight excluding hydrogens is 226 g/mol. The molecule has 0 unspecified atom stereocenters. The van der Waals surface area contributed by atoms with Gasteiger partial charge < -0.3 is 10.1 Å². The van der Waals surface area contributed by atoms with Gasteiger partial charge in [-0.1, -0.05) is 13.0 Å². The molecule has 0 saturated carbocycles. The Hall–Kier alpha value is -1.51. The minimum Gasteiger partial charge on any atom is -0.492 e. The molecule has 3 heteroatoms. The van der Waals surface area contributed by atoms with Gasteiger partial charge >= 0.3 is 0 Å². The van der Waals surface area contributed by atoms with Gasteiger partial charge in [-0.05, 0) is 48.9 Å². The fourth-order valence-electron chi connectivity index (χ4n) is 2.31. The second-order valence-electron chi connectivity index (χ2n) is 4.73. The van der Waals surface area contributed by atoms with Crippen molar-refractivity contribution in [3.8, 4) is 5.75 Å². The Morgan fingerprint density at radius 2 is 2.17 bits per heavy atom. The smallest absolute Gasteiger partial charge is 0.220 e. The highest BCUT2D eigenvalue weighted by Crippen LogP contribution is 2.25. The fourth-order valence-corrected chi connectivity index (χ4v) is 2.31. The molecule has 1 aromatic carbocycles. The fraction of sp³-hybridized carbons (Fsp3) is 0.533. The topological polar surface area (TPSA) is 38.3 Å². The summed E-state index contributed by atoms with van der Waals surface area (Å²) >= 11 is 0. The number of carbonyl (C=O) groups is 1. The van der Waals surface area contributed by atoms with Crippen molar-refractivity contribution in [3.05, 3.63) is 29.3 Å². The van der Waals surface area contributed by atoms with E-state index < -0.39 is 0 Å². The highest BCUT2D eigenvalue weighted by molar-refractivity contribution is 5.75. The van der Waals surface area contributed by atoms with E-state index in [0.717, 1.165) is 12.2 Å². The Bertz CT molecular complexity index is 415. The molecule has 0 saturated heterocycles. The van der Waals surface area contributed by atoms with Gasteiger partial charge in [0.25, 0.3) is 0 Å². The molecular formula is C15H21NO2. The molecule has 2 rings (SSSR count). The predicted octanol–water partition coefficient (Wildman–Crippen LogP) is 2.47. The first kappa shape index (κ1) is 12.9. The predicted molar refractivity (Wildman–Crippen MR) is 71.9 cm³/mol. The van der Waals surface area contributed by atoms with E-state index in [2.05, 4.69) is 17.4 Å². The first-order valence-corrected chi connectivity index (χ1v) is 6.81. The Morgan fingerprint density at radius 1 is 1.33 bits per heavy atom. The average molecular weight is 247 g/mol. The van der Waals surface area contributed by atoms with E-state index >= 15 is 0 Å². The summed E-state index contributed by atoms with van der Waals surface area (Å²) in [5.74, 6) is 1.02. The van der Waals surface area contributed by atoms with Crippen LogP contribution >= 0.6 is 0 Å². The van der Waals surface area contributed by atoms with Crippen LogP contribution in [0.1, 0.15) is 37.3 Å². The minimum absolute atomic E-state index is 0.107. The van der Waals surface area contributed by atoms with Crippen LogP contribution in [0.3, 0.4) is 0 Å². The van der Waals surface area contributed by atoms with E-state index in [0.29, 0.717) is 19.6 Å². The Labute approximate surface area is 109 Å². The third kappa shape index (κ3) is 3.49. The highest BCUT2D eigenvalue weighted by Gasteiger charge is 2.10. The summed E-state index contributed by atoms with van der Waals surface area (Å²) in [6.07, 6.45) is 5.10. The van der Waals surface area contributed by atoms with E-state index in [9.17, 15) is 4.79 Å². The molecule has 0 aromatic heterocycles. The molecule has 1 aliphatic carbocycles. The van der Waals surface area contributed by atoms with E-state index in [-0.39, 0.29) is 5.91 Å². The van der Waals surface area contributed by atoms with Crippen molar-refractivity contribution in [3.63, 3.8) is 0 Å². The standard InChI is InChI=1S/C15H21NO2/c1-2-4-15(17)16-9-10-18-14-8-7-12-5-3-6-13(12)11-14/h7-8,11H,2-6,9-10H2,1H3,(H,16,17). The van der Waals surface area contributed by atoms with E-state index in [1.165, 1.54) is 30.4 Å². The number of hydrogen-bond donors (Lipinski definition) is 1. The summed E-state index contributed by atoms with van der Waals surface area (Å²) in [7, 11) is 0. The summed E-state index contributed by atoms with van der Waals surface area (Å²) in [6, 6.07) is 6.32. The van der Waals surface area contributed by atoms with Crippen molar-refractivity contribution in [1.82, 2.24) is 5.32 Å². The zero-order valence-corrected chi connectivity index (χ0v) is 11.0. The molecule has 0 fully saturated rings. The Kier molecular flexibility index (Phi) is 4.62. The van der Waals surface area contributed by atoms with Gasteiger partial charge in [0.15, 0.2) is 0 Å². The summed E-state index contributed by atoms with van der Waals surface area (Å²) < 4.78 is 5.65. The lowest BCUT2D eigenvalue weighted by Crippen LogP contribution is -2.27. The van der Waals surface area contributed by atoms with E-state index in [1.54, 1.807) is 0 Å². The minimum atomic E-state index is 0.107. The van der Waals surface area contributed by atoms with Crippen LogP contribution in [-0.4, -0.2) is 19.1 Å². The zero-order valence-electron chi connectivity index (χ0n) is 11.0. The SMILES string of the molecule is CCCC(=O)NCCOc1ccc2c(c1)CCC2. The summed E-state index contributed by atoms with van der Waals surface area (Å²) in [4.78, 5) is 11.2. The molecule has 1 aromatic rings. The third-order valence-electron chi connectivity index (χ3n) is 3.24. The maximum Gasteiger partial charge on any atom is 0.220 e. The number of hydrogen-bond acceptors (Lipinski definition) is 2. The largest absolute Gasteiger partial charge is 0.492 e. The molecule has 98 valence electrons. The third-order valence-corrected chi connectivity index (χ3v) is 3.24. The first-order chi connectivity index (χ1) is 8.79. The van der Waals surface area contributed by atoms with Crippen LogP contribution in [0.25, 0.3) is 0 Å². The van der Waals surface area contributed by atoms with Gasteiger partial charge in [0, 0.05) is 6.42 Å². The van der Waals surface area contributed by atoms with Crippen LogP contribution in [0.4, 0.5) is 0 Å². The second kappa shape index (κ2) is 6.43. The maximum atomic E-state index is 11.2. The van der Waals surface area contributed by atoms with Crippen molar-refractivity contribution >= 4 is 5.91 Å². The van der Waals surface area contributed by atoms with Gasteiger partial charge in [-0.2, -0.15) is 0 Å². The molecule has 3 nitrogen and oxygen atoms in total. The average Bonchev–Trinajstić information content (AvgIpc) is 2.82. The molecule has 1 aliphatic rings. The monoisotopic (exact) mass is 247 g/mol. The number of carbonyl (C=O) groups excluding carboxylic acids is 1. The van der Waals surface area contributed by atoms with Gasteiger partial charge in [0.2, 0.25) is 5.91 Å². The number of rotatable bonds is 6. The number of benzene rings is 1. The lowest BCUT2D eigenvalue weighted by Gasteiger charge is -2.09. The highest BCUT2D eigenvalue weighted by atomic mass is 16.5. The van der Waals surface area contributed by atoms with Gasteiger partial charge in [-0.25, -0.2) is 0 Å². The van der Waals surface area contributed by atoms with Crippen molar-refractivity contribution in [1.29, 1.82) is 0 Å². The molecule has 1 N–H and O–H groups in total. The normalized spacial score (nSPS) is 13.2. The maximum absolute atomic E-state index is 11.2. The van der Waals surface area contributed by atoms with Crippen LogP contribution in [0.5, 0.6) is 5.75 Å². The van der Waals surface area contributed by atoms with Crippen LogP contribution in [0.2, 0.25) is 0 Å². The Morgan fingerprint density at radius 3 is 3.00 bits per heavy atom. The number of fused-ring (bicyclic) bond motifs is 1. The van der Waals surface area contributed by atoms with E-state index in [4.69, 9.17) is 4.74 Å². The quantitative estimate of drug-likeness (QED) is 0.784. The molecule has 18 heavy (non-hydrogen) atoms. The van der Waals surface area contributed by atoms with Crippen molar-refractivity contribution in [2.24, 2.45) is 0 Å². The van der Waals surface area contributed by atoms with Crippen LogP contribution in [0, 0.1) is 0 Å². The molecule has 0 heterocycles. The van der Waals surface area contributed by atoms with Crippen molar-refractivity contribution < 1.29 is 9.53 Å². The molecule has 0 radical (unpaired) electrons. The van der Waals surface area contributed by atoms with Gasteiger partial charge in [-0.15, -0.1) is 0 Å². The van der Waals surface area contributed by atoms with Gasteiger partial charge in [0.1, 0.15) is 12.4 Å². The lowest BCUT2D eigenvalue weighted by molar-refractivity contribution is -0.121. The van der Waals surface area contributed by atoms with Gasteiger partial charge in [0.05, 0.1) is 6.54 Å². The molecule has 0 atom stereocenters. The number of aryl methyl sites for hydroxylation is 2. The van der Waals surface area contributed by atoms with Gasteiger partial charge in [-0.3, -0.25) is 4.79 Å². The number of ether oxygens (including phenoxy) is 1. The molecule has 0 aliphatic heterocycles. The lowest BCUT2D eigenvalue weighted by atomic mass is 10.1. The van der Waals surface area contributed by atoms with Crippen LogP contribution < -0.4 is 10.1 Å². The number of nitrogens with one attached hydrogen (secondary N) is 1.